The molecule has 6 nitrogen and oxygen atoms in total. The van der Waals surface area contributed by atoms with Crippen LogP contribution in [0.2, 0.25) is 0 Å². The molecule has 0 aromatic heterocycles. The second kappa shape index (κ2) is 9.32. The predicted octanol–water partition coefficient (Wildman–Crippen LogP) is 1.92. The van der Waals surface area contributed by atoms with E-state index in [9.17, 15) is 13.2 Å². The highest BCUT2D eigenvalue weighted by atomic mass is 32.2. The lowest BCUT2D eigenvalue weighted by Gasteiger charge is -2.09. The summed E-state index contributed by atoms with van der Waals surface area (Å²) in [5.41, 5.74) is 0.600. The number of ether oxygens (including phenoxy) is 1. The van der Waals surface area contributed by atoms with Gasteiger partial charge in [-0.05, 0) is 37.2 Å². The molecule has 0 saturated heterocycles. The SMILES string of the molecule is CCCCCNC(=O)/C=C/c1ccc(OC)c(S(=O)(=O)NC)c1. The van der Waals surface area contributed by atoms with Crippen LogP contribution in [0.4, 0.5) is 0 Å². The molecule has 0 radical (unpaired) electrons. The maximum absolute atomic E-state index is 12.0. The molecule has 1 rings (SSSR count). The van der Waals surface area contributed by atoms with Gasteiger partial charge in [-0.1, -0.05) is 25.8 Å². The average Bonchev–Trinajstić information content (AvgIpc) is 2.56. The molecular formula is C16H24N2O4S. The van der Waals surface area contributed by atoms with Crippen LogP contribution in [-0.4, -0.2) is 35.0 Å². The van der Waals surface area contributed by atoms with E-state index in [0.29, 0.717) is 12.1 Å². The summed E-state index contributed by atoms with van der Waals surface area (Å²) in [4.78, 5) is 11.7. The van der Waals surface area contributed by atoms with Gasteiger partial charge in [0.1, 0.15) is 10.6 Å². The van der Waals surface area contributed by atoms with E-state index in [1.807, 2.05) is 0 Å². The molecule has 1 aromatic carbocycles. The lowest BCUT2D eigenvalue weighted by atomic mass is 10.2. The van der Waals surface area contributed by atoms with Crippen molar-refractivity contribution in [2.24, 2.45) is 0 Å². The van der Waals surface area contributed by atoms with Crippen molar-refractivity contribution in [1.82, 2.24) is 10.0 Å². The van der Waals surface area contributed by atoms with Gasteiger partial charge in [-0.2, -0.15) is 0 Å². The number of hydrogen-bond donors (Lipinski definition) is 2. The van der Waals surface area contributed by atoms with Crippen LogP contribution < -0.4 is 14.8 Å². The summed E-state index contributed by atoms with van der Waals surface area (Å²) in [6.45, 7) is 2.74. The molecule has 0 atom stereocenters. The first-order chi connectivity index (χ1) is 10.9. The van der Waals surface area contributed by atoms with Crippen LogP contribution in [0.25, 0.3) is 6.08 Å². The van der Waals surface area contributed by atoms with Crippen molar-refractivity contribution in [3.63, 3.8) is 0 Å². The molecule has 0 aliphatic heterocycles. The van der Waals surface area contributed by atoms with Gasteiger partial charge in [-0.3, -0.25) is 4.79 Å². The second-order valence-corrected chi connectivity index (χ2v) is 6.80. The fourth-order valence-electron chi connectivity index (χ4n) is 1.93. The quantitative estimate of drug-likeness (QED) is 0.531. The van der Waals surface area contributed by atoms with E-state index in [1.54, 1.807) is 18.2 Å². The average molecular weight is 340 g/mol. The highest BCUT2D eigenvalue weighted by Gasteiger charge is 2.17. The second-order valence-electron chi connectivity index (χ2n) is 4.95. The van der Waals surface area contributed by atoms with E-state index >= 15 is 0 Å². The summed E-state index contributed by atoms with van der Waals surface area (Å²) in [5, 5.41) is 2.79. The molecule has 23 heavy (non-hydrogen) atoms. The molecule has 0 fully saturated rings. The van der Waals surface area contributed by atoms with Gasteiger partial charge < -0.3 is 10.1 Å². The normalized spacial score (nSPS) is 11.6. The number of nitrogens with one attached hydrogen (secondary N) is 2. The van der Waals surface area contributed by atoms with Crippen LogP contribution in [0.5, 0.6) is 5.75 Å². The van der Waals surface area contributed by atoms with Crippen molar-refractivity contribution in [1.29, 1.82) is 0 Å². The number of unbranched alkanes of at least 4 members (excludes halogenated alkanes) is 2. The number of rotatable bonds is 9. The molecule has 2 N–H and O–H groups in total. The Kier molecular flexibility index (Phi) is 7.77. The number of hydrogen-bond acceptors (Lipinski definition) is 4. The van der Waals surface area contributed by atoms with Gasteiger partial charge in [-0.25, -0.2) is 13.1 Å². The van der Waals surface area contributed by atoms with E-state index < -0.39 is 10.0 Å². The van der Waals surface area contributed by atoms with Crippen molar-refractivity contribution < 1.29 is 17.9 Å². The van der Waals surface area contributed by atoms with Crippen LogP contribution in [0.1, 0.15) is 31.7 Å². The number of carbonyl (C=O) groups excluding carboxylic acids is 1. The Morgan fingerprint density at radius 3 is 2.65 bits per heavy atom. The topological polar surface area (TPSA) is 84.5 Å². The first kappa shape index (κ1) is 19.2. The Bertz CT molecular complexity index is 654. The van der Waals surface area contributed by atoms with Crippen molar-refractivity contribution in [3.05, 3.63) is 29.8 Å². The molecule has 0 saturated carbocycles. The van der Waals surface area contributed by atoms with E-state index in [4.69, 9.17) is 4.74 Å². The first-order valence-corrected chi connectivity index (χ1v) is 9.00. The van der Waals surface area contributed by atoms with Gasteiger partial charge in [0.25, 0.3) is 0 Å². The largest absolute Gasteiger partial charge is 0.495 e. The van der Waals surface area contributed by atoms with E-state index in [1.165, 1.54) is 26.3 Å². The molecule has 0 bridgehead atoms. The van der Waals surface area contributed by atoms with E-state index in [-0.39, 0.29) is 16.6 Å². The van der Waals surface area contributed by atoms with Crippen LogP contribution in [0.3, 0.4) is 0 Å². The minimum absolute atomic E-state index is 0.0352. The monoisotopic (exact) mass is 340 g/mol. The molecule has 0 aliphatic carbocycles. The number of amides is 1. The molecular weight excluding hydrogens is 316 g/mol. The molecule has 1 amide bonds. The number of methoxy groups -OCH3 is 1. The van der Waals surface area contributed by atoms with Gasteiger partial charge in [0.15, 0.2) is 0 Å². The number of carbonyl (C=O) groups is 1. The molecule has 0 unspecified atom stereocenters. The minimum Gasteiger partial charge on any atom is -0.495 e. The lowest BCUT2D eigenvalue weighted by molar-refractivity contribution is -0.116. The third kappa shape index (κ3) is 6.03. The third-order valence-corrected chi connectivity index (χ3v) is 4.69. The van der Waals surface area contributed by atoms with Gasteiger partial charge in [0, 0.05) is 12.6 Å². The van der Waals surface area contributed by atoms with Gasteiger partial charge in [-0.15, -0.1) is 0 Å². The minimum atomic E-state index is -3.63. The lowest BCUT2D eigenvalue weighted by Crippen LogP contribution is -2.22. The molecule has 1 aromatic rings. The standard InChI is InChI=1S/C16H24N2O4S/c1-4-5-6-11-18-16(19)10-8-13-7-9-14(22-3)15(12-13)23(20,21)17-2/h7-10,12,17H,4-6,11H2,1-3H3,(H,18,19)/b10-8+. The van der Waals surface area contributed by atoms with Crippen molar-refractivity contribution in [2.75, 3.05) is 20.7 Å². The predicted molar refractivity (Wildman–Crippen MR) is 90.8 cm³/mol. The molecule has 0 spiro atoms. The summed E-state index contributed by atoms with van der Waals surface area (Å²) in [6.07, 6.45) is 6.09. The van der Waals surface area contributed by atoms with Crippen LogP contribution in [-0.2, 0) is 14.8 Å². The summed E-state index contributed by atoms with van der Waals surface area (Å²) >= 11 is 0. The van der Waals surface area contributed by atoms with Crippen LogP contribution >= 0.6 is 0 Å². The molecule has 0 aliphatic rings. The fraction of sp³-hybridized carbons (Fsp3) is 0.438. The van der Waals surface area contributed by atoms with Crippen molar-refractivity contribution in [3.8, 4) is 5.75 Å². The van der Waals surface area contributed by atoms with E-state index in [2.05, 4.69) is 17.0 Å². The molecule has 128 valence electrons. The molecule has 0 heterocycles. The zero-order valence-electron chi connectivity index (χ0n) is 13.8. The van der Waals surface area contributed by atoms with Gasteiger partial charge in [0.05, 0.1) is 7.11 Å². The Hall–Kier alpha value is -1.86. The van der Waals surface area contributed by atoms with Crippen molar-refractivity contribution in [2.45, 2.75) is 31.1 Å². The number of benzene rings is 1. The van der Waals surface area contributed by atoms with Crippen molar-refractivity contribution >= 4 is 22.0 Å². The Labute approximate surface area is 138 Å². The highest BCUT2D eigenvalue weighted by molar-refractivity contribution is 7.89. The van der Waals surface area contributed by atoms with Gasteiger partial charge >= 0.3 is 0 Å². The third-order valence-electron chi connectivity index (χ3n) is 3.25. The maximum atomic E-state index is 12.0. The summed E-state index contributed by atoms with van der Waals surface area (Å²) in [7, 11) is -0.892. The Balaban J connectivity index is 2.84. The highest BCUT2D eigenvalue weighted by Crippen LogP contribution is 2.25. The van der Waals surface area contributed by atoms with Crippen LogP contribution in [0.15, 0.2) is 29.2 Å². The smallest absolute Gasteiger partial charge is 0.244 e. The summed E-state index contributed by atoms with van der Waals surface area (Å²) < 4.78 is 31.3. The Morgan fingerprint density at radius 2 is 2.04 bits per heavy atom. The summed E-state index contributed by atoms with van der Waals surface area (Å²) in [5.74, 6) is 0.0514. The van der Waals surface area contributed by atoms with Gasteiger partial charge in [0.2, 0.25) is 15.9 Å². The molecule has 7 heteroatoms. The Morgan fingerprint density at radius 1 is 1.30 bits per heavy atom. The van der Waals surface area contributed by atoms with E-state index in [0.717, 1.165) is 19.3 Å². The zero-order valence-corrected chi connectivity index (χ0v) is 14.6. The zero-order chi connectivity index (χ0) is 17.3. The maximum Gasteiger partial charge on any atom is 0.244 e. The fourth-order valence-corrected chi connectivity index (χ4v) is 2.86. The summed E-state index contributed by atoms with van der Waals surface area (Å²) in [6, 6.07) is 4.71. The first-order valence-electron chi connectivity index (χ1n) is 7.52. The van der Waals surface area contributed by atoms with Crippen LogP contribution in [0, 0.1) is 0 Å². The number of sulfonamides is 1.